The van der Waals surface area contributed by atoms with Gasteiger partial charge in [-0.1, -0.05) is 34.5 Å². The van der Waals surface area contributed by atoms with E-state index >= 15 is 0 Å². The van der Waals surface area contributed by atoms with Crippen molar-refractivity contribution in [3.05, 3.63) is 56.5 Å². The van der Waals surface area contributed by atoms with Crippen molar-refractivity contribution in [2.45, 2.75) is 13.8 Å². The number of nitrogens with zero attached hydrogens (tertiary/aromatic N) is 1. The van der Waals surface area contributed by atoms with Crippen molar-refractivity contribution in [2.24, 2.45) is 5.16 Å². The Balaban J connectivity index is 1.99. The molecule has 0 fully saturated rings. The van der Waals surface area contributed by atoms with Gasteiger partial charge in [-0.15, -0.1) is 0 Å². The predicted molar refractivity (Wildman–Crippen MR) is 95.4 cm³/mol. The molecular formula is C17H17BrClNO3. The molecule has 0 aliphatic rings. The summed E-state index contributed by atoms with van der Waals surface area (Å²) in [5.74, 6) is 1.39. The third-order valence-electron chi connectivity index (χ3n) is 3.15. The highest BCUT2D eigenvalue weighted by molar-refractivity contribution is 9.10. The van der Waals surface area contributed by atoms with Gasteiger partial charge >= 0.3 is 0 Å². The lowest BCUT2D eigenvalue weighted by Gasteiger charge is -2.13. The fourth-order valence-electron chi connectivity index (χ4n) is 2.15. The maximum absolute atomic E-state index is 8.73. The van der Waals surface area contributed by atoms with Gasteiger partial charge in [-0.05, 0) is 53.5 Å². The summed E-state index contributed by atoms with van der Waals surface area (Å²) in [6.07, 6.45) is 1.27. The molecule has 2 aromatic rings. The average Bonchev–Trinajstić information content (AvgIpc) is 2.47. The van der Waals surface area contributed by atoms with E-state index in [4.69, 9.17) is 26.3 Å². The van der Waals surface area contributed by atoms with Crippen molar-refractivity contribution in [2.75, 3.05) is 13.2 Å². The van der Waals surface area contributed by atoms with Crippen molar-refractivity contribution < 1.29 is 14.7 Å². The van der Waals surface area contributed by atoms with Gasteiger partial charge in [-0.3, -0.25) is 0 Å². The molecule has 0 saturated heterocycles. The molecule has 0 aliphatic carbocycles. The third kappa shape index (κ3) is 4.88. The standard InChI is InChI=1S/C17H17BrClNO3/c1-11-3-4-16(12(2)7-11)22-5-6-23-17-13(10-20-21)8-14(19)9-15(17)18/h3-4,7-10,21H,5-6H2,1-2H3. The number of hydrogen-bond acceptors (Lipinski definition) is 4. The molecule has 6 heteroatoms. The zero-order valence-corrected chi connectivity index (χ0v) is 15.2. The van der Waals surface area contributed by atoms with Gasteiger partial charge in [0.1, 0.15) is 24.7 Å². The van der Waals surface area contributed by atoms with Crippen molar-refractivity contribution in [1.82, 2.24) is 0 Å². The van der Waals surface area contributed by atoms with E-state index in [0.717, 1.165) is 11.3 Å². The molecule has 0 atom stereocenters. The van der Waals surface area contributed by atoms with Gasteiger partial charge in [-0.25, -0.2) is 0 Å². The largest absolute Gasteiger partial charge is 0.490 e. The Morgan fingerprint density at radius 2 is 1.91 bits per heavy atom. The third-order valence-corrected chi connectivity index (χ3v) is 3.96. The van der Waals surface area contributed by atoms with Crippen LogP contribution in [0.4, 0.5) is 0 Å². The van der Waals surface area contributed by atoms with Crippen LogP contribution in [0.1, 0.15) is 16.7 Å². The van der Waals surface area contributed by atoms with E-state index < -0.39 is 0 Å². The van der Waals surface area contributed by atoms with Crippen molar-refractivity contribution in [3.63, 3.8) is 0 Å². The highest BCUT2D eigenvalue weighted by atomic mass is 79.9. The Hall–Kier alpha value is -1.72. The van der Waals surface area contributed by atoms with Crippen LogP contribution >= 0.6 is 27.5 Å². The van der Waals surface area contributed by atoms with E-state index in [1.807, 2.05) is 26.0 Å². The van der Waals surface area contributed by atoms with Crippen molar-refractivity contribution in [3.8, 4) is 11.5 Å². The topological polar surface area (TPSA) is 51.0 Å². The molecule has 2 rings (SSSR count). The lowest BCUT2D eigenvalue weighted by Crippen LogP contribution is -2.11. The quantitative estimate of drug-likeness (QED) is 0.323. The second-order valence-corrected chi connectivity index (χ2v) is 6.31. The van der Waals surface area contributed by atoms with Crippen LogP contribution in [-0.4, -0.2) is 24.6 Å². The second kappa shape index (κ2) is 8.22. The molecule has 23 heavy (non-hydrogen) atoms. The van der Waals surface area contributed by atoms with E-state index in [0.29, 0.717) is 34.0 Å². The maximum atomic E-state index is 8.73. The molecule has 0 spiro atoms. The fraction of sp³-hybridized carbons (Fsp3) is 0.235. The smallest absolute Gasteiger partial charge is 0.142 e. The van der Waals surface area contributed by atoms with Crippen LogP contribution in [0.25, 0.3) is 0 Å². The molecular weight excluding hydrogens is 382 g/mol. The minimum Gasteiger partial charge on any atom is -0.490 e. The molecule has 0 bridgehead atoms. The Morgan fingerprint density at radius 1 is 1.17 bits per heavy atom. The van der Waals surface area contributed by atoms with Crippen LogP contribution in [-0.2, 0) is 0 Å². The van der Waals surface area contributed by atoms with Gasteiger partial charge in [0, 0.05) is 10.6 Å². The number of halogens is 2. The fourth-order valence-corrected chi connectivity index (χ4v) is 3.10. The normalized spacial score (nSPS) is 11.0. The molecule has 122 valence electrons. The van der Waals surface area contributed by atoms with E-state index in [9.17, 15) is 0 Å². The number of benzene rings is 2. The molecule has 0 heterocycles. The predicted octanol–water partition coefficient (Wildman–Crippen LogP) is 4.99. The Labute approximate surface area is 148 Å². The van der Waals surface area contributed by atoms with Crippen LogP contribution in [0, 0.1) is 13.8 Å². The van der Waals surface area contributed by atoms with Gasteiger partial charge in [0.25, 0.3) is 0 Å². The molecule has 0 unspecified atom stereocenters. The van der Waals surface area contributed by atoms with Crippen LogP contribution < -0.4 is 9.47 Å². The summed E-state index contributed by atoms with van der Waals surface area (Å²) in [5.41, 5.74) is 2.87. The molecule has 0 aliphatic heterocycles. The highest BCUT2D eigenvalue weighted by Crippen LogP contribution is 2.32. The summed E-state index contributed by atoms with van der Waals surface area (Å²) in [6.45, 7) is 4.80. The molecule has 0 amide bonds. The first-order valence-corrected chi connectivity index (χ1v) is 8.17. The lowest BCUT2D eigenvalue weighted by molar-refractivity contribution is 0.215. The van der Waals surface area contributed by atoms with Gasteiger partial charge in [0.2, 0.25) is 0 Å². The maximum Gasteiger partial charge on any atom is 0.142 e. The first kappa shape index (κ1) is 17.6. The molecule has 0 saturated carbocycles. The summed E-state index contributed by atoms with van der Waals surface area (Å²) in [5, 5.41) is 12.3. The van der Waals surface area contributed by atoms with E-state index in [1.54, 1.807) is 12.1 Å². The molecule has 0 radical (unpaired) electrons. The monoisotopic (exact) mass is 397 g/mol. The van der Waals surface area contributed by atoms with E-state index in [1.165, 1.54) is 11.8 Å². The number of aryl methyl sites for hydroxylation is 2. The minimum absolute atomic E-state index is 0.347. The Morgan fingerprint density at radius 3 is 2.61 bits per heavy atom. The molecule has 0 aromatic heterocycles. The van der Waals surface area contributed by atoms with E-state index in [-0.39, 0.29) is 0 Å². The number of rotatable bonds is 6. The summed E-state index contributed by atoms with van der Waals surface area (Å²) >= 11 is 9.37. The van der Waals surface area contributed by atoms with E-state index in [2.05, 4.69) is 27.2 Å². The number of oxime groups is 1. The van der Waals surface area contributed by atoms with Gasteiger partial charge < -0.3 is 14.7 Å². The summed E-state index contributed by atoms with van der Waals surface area (Å²) in [6, 6.07) is 9.41. The Kier molecular flexibility index (Phi) is 6.30. The van der Waals surface area contributed by atoms with Gasteiger partial charge in [0.15, 0.2) is 0 Å². The van der Waals surface area contributed by atoms with Gasteiger partial charge in [0.05, 0.1) is 10.7 Å². The first-order valence-electron chi connectivity index (χ1n) is 7.00. The SMILES string of the molecule is Cc1ccc(OCCOc2c(Br)cc(Cl)cc2C=NO)c(C)c1. The molecule has 1 N–H and O–H groups in total. The summed E-state index contributed by atoms with van der Waals surface area (Å²) in [7, 11) is 0. The van der Waals surface area contributed by atoms with Gasteiger partial charge in [-0.2, -0.15) is 0 Å². The minimum atomic E-state index is 0.347. The zero-order chi connectivity index (χ0) is 16.8. The number of ether oxygens (including phenoxy) is 2. The van der Waals surface area contributed by atoms with Crippen molar-refractivity contribution in [1.29, 1.82) is 0 Å². The van der Waals surface area contributed by atoms with Crippen LogP contribution in [0.5, 0.6) is 11.5 Å². The lowest BCUT2D eigenvalue weighted by atomic mass is 10.1. The second-order valence-electron chi connectivity index (χ2n) is 5.02. The summed E-state index contributed by atoms with van der Waals surface area (Å²) < 4.78 is 12.1. The first-order chi connectivity index (χ1) is 11.0. The average molecular weight is 399 g/mol. The van der Waals surface area contributed by atoms with Crippen LogP contribution in [0.15, 0.2) is 40.0 Å². The zero-order valence-electron chi connectivity index (χ0n) is 12.8. The molecule has 4 nitrogen and oxygen atoms in total. The highest BCUT2D eigenvalue weighted by Gasteiger charge is 2.09. The van der Waals surface area contributed by atoms with Crippen LogP contribution in [0.2, 0.25) is 5.02 Å². The summed E-state index contributed by atoms with van der Waals surface area (Å²) in [4.78, 5) is 0. The number of hydrogen-bond donors (Lipinski definition) is 1. The van der Waals surface area contributed by atoms with Crippen molar-refractivity contribution >= 4 is 33.7 Å². The molecule has 2 aromatic carbocycles. The van der Waals surface area contributed by atoms with Crippen LogP contribution in [0.3, 0.4) is 0 Å². The Bertz CT molecular complexity index is 719.